The predicted molar refractivity (Wildman–Crippen MR) is 127 cm³/mol. The summed E-state index contributed by atoms with van der Waals surface area (Å²) in [7, 11) is 0. The average molecular weight is 436 g/mol. The number of aromatic nitrogens is 2. The lowest BCUT2D eigenvalue weighted by molar-refractivity contribution is -0.136. The number of fused-ring (bicyclic) bond motifs is 1. The van der Waals surface area contributed by atoms with Crippen LogP contribution in [0.2, 0.25) is 0 Å². The van der Waals surface area contributed by atoms with Crippen molar-refractivity contribution in [1.82, 2.24) is 14.9 Å². The standard InChI is InChI=1S/C24H29N5OS/c1-17-6-3-9-21(18(17)2)27-12-14-28(15-13-27)23(30)19-7-5-11-29(16-19)24-26-20-8-4-10-25-22(20)31-24/h3-4,6,8-10,19H,5,7,11-16H2,1-2H3/t19-/m0/s1. The van der Waals surface area contributed by atoms with Gasteiger partial charge in [0.15, 0.2) is 5.13 Å². The van der Waals surface area contributed by atoms with Crippen LogP contribution in [0.1, 0.15) is 24.0 Å². The van der Waals surface area contributed by atoms with Gasteiger partial charge in [-0.2, -0.15) is 0 Å². The van der Waals surface area contributed by atoms with E-state index < -0.39 is 0 Å². The molecule has 3 aromatic rings. The van der Waals surface area contributed by atoms with Gasteiger partial charge < -0.3 is 14.7 Å². The molecule has 7 heteroatoms. The lowest BCUT2D eigenvalue weighted by Gasteiger charge is -2.40. The van der Waals surface area contributed by atoms with Crippen molar-refractivity contribution < 1.29 is 4.79 Å². The SMILES string of the molecule is Cc1cccc(N2CCN(C(=O)[C@H]3CCCN(c4nc5cccnc5s4)C3)CC2)c1C. The third kappa shape index (κ3) is 3.99. The van der Waals surface area contributed by atoms with E-state index in [1.807, 2.05) is 18.3 Å². The van der Waals surface area contributed by atoms with Gasteiger partial charge in [0, 0.05) is 51.2 Å². The minimum Gasteiger partial charge on any atom is -0.368 e. The summed E-state index contributed by atoms with van der Waals surface area (Å²) in [6.07, 6.45) is 3.81. The number of hydrogen-bond acceptors (Lipinski definition) is 6. The number of anilines is 2. The molecule has 162 valence electrons. The average Bonchev–Trinajstić information content (AvgIpc) is 3.25. The molecule has 0 bridgehead atoms. The minimum atomic E-state index is 0.0565. The van der Waals surface area contributed by atoms with Crippen LogP contribution < -0.4 is 9.80 Å². The molecule has 2 fully saturated rings. The molecule has 2 aliphatic rings. The first-order valence-corrected chi connectivity index (χ1v) is 12.0. The van der Waals surface area contributed by atoms with Crippen molar-refractivity contribution in [3.05, 3.63) is 47.7 Å². The molecule has 0 spiro atoms. The number of amides is 1. The molecule has 2 aliphatic heterocycles. The van der Waals surface area contributed by atoms with E-state index in [1.165, 1.54) is 16.8 Å². The van der Waals surface area contributed by atoms with E-state index in [2.05, 4.69) is 51.7 Å². The molecular weight excluding hydrogens is 406 g/mol. The van der Waals surface area contributed by atoms with Crippen LogP contribution in [-0.2, 0) is 4.79 Å². The van der Waals surface area contributed by atoms with Gasteiger partial charge in [-0.1, -0.05) is 23.5 Å². The number of piperidine rings is 1. The second-order valence-electron chi connectivity index (χ2n) is 8.64. The summed E-state index contributed by atoms with van der Waals surface area (Å²) in [5.74, 6) is 0.366. The molecule has 0 radical (unpaired) electrons. The van der Waals surface area contributed by atoms with Gasteiger partial charge in [0.25, 0.3) is 0 Å². The Morgan fingerprint density at radius 1 is 1.03 bits per heavy atom. The summed E-state index contributed by atoms with van der Waals surface area (Å²) in [6, 6.07) is 10.4. The number of thiazole rings is 1. The molecule has 4 heterocycles. The lowest BCUT2D eigenvalue weighted by Crippen LogP contribution is -2.52. The molecule has 0 aliphatic carbocycles. The first kappa shape index (κ1) is 20.2. The molecular formula is C24H29N5OS. The minimum absolute atomic E-state index is 0.0565. The monoisotopic (exact) mass is 435 g/mol. The Labute approximate surface area is 187 Å². The Hall–Kier alpha value is -2.67. The lowest BCUT2D eigenvalue weighted by atomic mass is 9.96. The zero-order chi connectivity index (χ0) is 21.4. The maximum absolute atomic E-state index is 13.3. The van der Waals surface area contributed by atoms with E-state index in [1.54, 1.807) is 11.3 Å². The first-order chi connectivity index (χ1) is 15.1. The number of rotatable bonds is 3. The predicted octanol–water partition coefficient (Wildman–Crippen LogP) is 3.87. The zero-order valence-corrected chi connectivity index (χ0v) is 19.1. The fourth-order valence-electron chi connectivity index (χ4n) is 4.75. The number of nitrogens with zero attached hydrogens (tertiary/aromatic N) is 5. The Balaban J connectivity index is 1.23. The Bertz CT molecular complexity index is 1060. The summed E-state index contributed by atoms with van der Waals surface area (Å²) in [5.41, 5.74) is 4.91. The Morgan fingerprint density at radius 3 is 2.68 bits per heavy atom. The topological polar surface area (TPSA) is 52.6 Å². The molecule has 0 unspecified atom stereocenters. The van der Waals surface area contributed by atoms with Crippen LogP contribution in [-0.4, -0.2) is 60.0 Å². The number of pyridine rings is 1. The summed E-state index contributed by atoms with van der Waals surface area (Å²) in [5, 5.41) is 0.992. The van der Waals surface area contributed by atoms with Crippen molar-refractivity contribution >= 4 is 38.4 Å². The molecule has 1 aromatic carbocycles. The molecule has 1 amide bonds. The van der Waals surface area contributed by atoms with Crippen molar-refractivity contribution in [2.75, 3.05) is 49.1 Å². The van der Waals surface area contributed by atoms with Crippen molar-refractivity contribution in [2.24, 2.45) is 5.92 Å². The fraction of sp³-hybridized carbons (Fsp3) is 0.458. The number of carbonyl (C=O) groups excluding carboxylic acids is 1. The van der Waals surface area contributed by atoms with Crippen molar-refractivity contribution in [2.45, 2.75) is 26.7 Å². The maximum Gasteiger partial charge on any atom is 0.227 e. The van der Waals surface area contributed by atoms with E-state index in [0.717, 1.165) is 67.6 Å². The maximum atomic E-state index is 13.3. The van der Waals surface area contributed by atoms with Crippen LogP contribution in [0, 0.1) is 19.8 Å². The Kier molecular flexibility index (Phi) is 5.52. The van der Waals surface area contributed by atoms with Crippen LogP contribution in [0.3, 0.4) is 0 Å². The van der Waals surface area contributed by atoms with E-state index >= 15 is 0 Å². The number of hydrogen-bond donors (Lipinski definition) is 0. The quantitative estimate of drug-likeness (QED) is 0.625. The summed E-state index contributed by atoms with van der Waals surface area (Å²) in [4.78, 5) is 30.2. The largest absolute Gasteiger partial charge is 0.368 e. The van der Waals surface area contributed by atoms with E-state index in [4.69, 9.17) is 4.98 Å². The molecule has 2 aromatic heterocycles. The van der Waals surface area contributed by atoms with E-state index in [9.17, 15) is 4.79 Å². The molecule has 6 nitrogen and oxygen atoms in total. The summed E-state index contributed by atoms with van der Waals surface area (Å²) < 4.78 is 0. The van der Waals surface area contributed by atoms with Gasteiger partial charge in [0.2, 0.25) is 5.91 Å². The van der Waals surface area contributed by atoms with Crippen LogP contribution in [0.4, 0.5) is 10.8 Å². The zero-order valence-electron chi connectivity index (χ0n) is 18.3. The number of carbonyl (C=O) groups is 1. The van der Waals surface area contributed by atoms with Crippen molar-refractivity contribution in [1.29, 1.82) is 0 Å². The summed E-state index contributed by atoms with van der Waals surface area (Å²) >= 11 is 1.63. The van der Waals surface area contributed by atoms with Crippen LogP contribution in [0.5, 0.6) is 0 Å². The molecule has 0 saturated carbocycles. The second-order valence-corrected chi connectivity index (χ2v) is 9.60. The Morgan fingerprint density at radius 2 is 1.87 bits per heavy atom. The first-order valence-electron chi connectivity index (χ1n) is 11.2. The van der Waals surface area contributed by atoms with Crippen LogP contribution >= 0.6 is 11.3 Å². The van der Waals surface area contributed by atoms with Crippen LogP contribution in [0.25, 0.3) is 10.3 Å². The smallest absolute Gasteiger partial charge is 0.227 e. The highest BCUT2D eigenvalue weighted by atomic mass is 32.1. The normalized spacial score (nSPS) is 19.8. The number of aryl methyl sites for hydroxylation is 1. The van der Waals surface area contributed by atoms with Gasteiger partial charge in [-0.05, 0) is 56.0 Å². The molecule has 0 N–H and O–H groups in total. The second kappa shape index (κ2) is 8.46. The highest BCUT2D eigenvalue weighted by molar-refractivity contribution is 7.21. The van der Waals surface area contributed by atoms with Crippen molar-refractivity contribution in [3.63, 3.8) is 0 Å². The van der Waals surface area contributed by atoms with Gasteiger partial charge in [0.05, 0.1) is 5.92 Å². The van der Waals surface area contributed by atoms with Gasteiger partial charge in [0.1, 0.15) is 10.3 Å². The molecule has 5 rings (SSSR count). The van der Waals surface area contributed by atoms with E-state index in [-0.39, 0.29) is 5.92 Å². The highest BCUT2D eigenvalue weighted by Gasteiger charge is 2.32. The van der Waals surface area contributed by atoms with Crippen LogP contribution in [0.15, 0.2) is 36.5 Å². The molecule has 2 saturated heterocycles. The number of benzene rings is 1. The van der Waals surface area contributed by atoms with Gasteiger partial charge in [-0.3, -0.25) is 4.79 Å². The molecule has 1 atom stereocenters. The third-order valence-electron chi connectivity index (χ3n) is 6.70. The van der Waals surface area contributed by atoms with E-state index in [0.29, 0.717) is 5.91 Å². The number of piperazine rings is 1. The highest BCUT2D eigenvalue weighted by Crippen LogP contribution is 2.31. The van der Waals surface area contributed by atoms with Crippen molar-refractivity contribution in [3.8, 4) is 0 Å². The van der Waals surface area contributed by atoms with Gasteiger partial charge in [-0.25, -0.2) is 9.97 Å². The van der Waals surface area contributed by atoms with Gasteiger partial charge in [-0.15, -0.1) is 0 Å². The van der Waals surface area contributed by atoms with Gasteiger partial charge >= 0.3 is 0 Å². The fourth-order valence-corrected chi connectivity index (χ4v) is 5.69. The third-order valence-corrected chi connectivity index (χ3v) is 7.74. The molecule has 31 heavy (non-hydrogen) atoms. The summed E-state index contributed by atoms with van der Waals surface area (Å²) in [6.45, 7) is 9.47.